The fourth-order valence-electron chi connectivity index (χ4n) is 4.11. The molecule has 0 fully saturated rings. The summed E-state index contributed by atoms with van der Waals surface area (Å²) in [5.74, 6) is 1.19. The van der Waals surface area contributed by atoms with E-state index in [1.807, 2.05) is 13.0 Å². The summed E-state index contributed by atoms with van der Waals surface area (Å²) in [6, 6.07) is 22.3. The number of amides is 1. The highest BCUT2D eigenvalue weighted by atomic mass is 16.5. The molecule has 0 saturated carbocycles. The molecule has 0 saturated heterocycles. The van der Waals surface area contributed by atoms with Gasteiger partial charge in [0.2, 0.25) is 0 Å². The minimum Gasteiger partial charge on any atom is -0.490 e. The van der Waals surface area contributed by atoms with Gasteiger partial charge in [-0.05, 0) is 61.6 Å². The minimum atomic E-state index is -0.0793. The van der Waals surface area contributed by atoms with Crippen molar-refractivity contribution in [3.63, 3.8) is 0 Å². The molecule has 1 N–H and O–H groups in total. The van der Waals surface area contributed by atoms with Crippen LogP contribution in [0, 0.1) is 6.92 Å². The molecule has 0 spiro atoms. The Morgan fingerprint density at radius 1 is 0.935 bits per heavy atom. The van der Waals surface area contributed by atoms with Crippen molar-refractivity contribution < 1.29 is 14.3 Å². The Bertz CT molecular complexity index is 1030. The van der Waals surface area contributed by atoms with Gasteiger partial charge in [0.25, 0.3) is 5.91 Å². The van der Waals surface area contributed by atoms with E-state index in [-0.39, 0.29) is 11.9 Å². The standard InChI is InChI=1S/C27H29NO3/c1-3-30-25-12-11-23(18-26(25)31-14-13-20-8-6-7-19(2)15-20)27(29)28-24-16-21-9-4-5-10-22(21)17-24/h4-12,15,18,24H,3,13-14,16-17H2,1-2H3,(H,28,29). The third-order valence-corrected chi connectivity index (χ3v) is 5.62. The van der Waals surface area contributed by atoms with Crippen LogP contribution in [0.5, 0.6) is 11.5 Å². The third kappa shape index (κ3) is 5.26. The molecule has 0 aromatic heterocycles. The number of aryl methyl sites for hydroxylation is 1. The zero-order chi connectivity index (χ0) is 21.6. The first kappa shape index (κ1) is 21.0. The lowest BCUT2D eigenvalue weighted by Gasteiger charge is -2.15. The van der Waals surface area contributed by atoms with Gasteiger partial charge in [-0.15, -0.1) is 0 Å². The predicted molar refractivity (Wildman–Crippen MR) is 123 cm³/mol. The van der Waals surface area contributed by atoms with Gasteiger partial charge < -0.3 is 14.8 Å². The number of rotatable bonds is 8. The van der Waals surface area contributed by atoms with Crippen molar-refractivity contribution in [1.29, 1.82) is 0 Å². The molecular weight excluding hydrogens is 386 g/mol. The third-order valence-electron chi connectivity index (χ3n) is 5.62. The van der Waals surface area contributed by atoms with Gasteiger partial charge in [0.05, 0.1) is 13.2 Å². The quantitative estimate of drug-likeness (QED) is 0.569. The number of ether oxygens (including phenoxy) is 2. The summed E-state index contributed by atoms with van der Waals surface area (Å²) < 4.78 is 11.8. The lowest BCUT2D eigenvalue weighted by atomic mass is 10.1. The summed E-state index contributed by atoms with van der Waals surface area (Å²) in [6.07, 6.45) is 2.54. The molecule has 0 unspecified atom stereocenters. The number of fused-ring (bicyclic) bond motifs is 1. The van der Waals surface area contributed by atoms with E-state index in [4.69, 9.17) is 9.47 Å². The first-order chi connectivity index (χ1) is 15.1. The van der Waals surface area contributed by atoms with Crippen molar-refractivity contribution in [2.45, 2.75) is 39.2 Å². The first-order valence-electron chi connectivity index (χ1n) is 10.9. The van der Waals surface area contributed by atoms with Crippen LogP contribution in [0.3, 0.4) is 0 Å². The van der Waals surface area contributed by atoms with Crippen LogP contribution in [-0.4, -0.2) is 25.2 Å². The molecule has 0 bridgehead atoms. The molecule has 3 aromatic carbocycles. The van der Waals surface area contributed by atoms with E-state index in [1.165, 1.54) is 22.3 Å². The van der Waals surface area contributed by atoms with Crippen molar-refractivity contribution in [3.8, 4) is 11.5 Å². The van der Waals surface area contributed by atoms with E-state index in [2.05, 4.69) is 60.8 Å². The summed E-state index contributed by atoms with van der Waals surface area (Å²) >= 11 is 0. The van der Waals surface area contributed by atoms with Crippen molar-refractivity contribution in [2.24, 2.45) is 0 Å². The zero-order valence-electron chi connectivity index (χ0n) is 18.2. The second-order valence-electron chi connectivity index (χ2n) is 8.03. The average molecular weight is 416 g/mol. The highest BCUT2D eigenvalue weighted by Gasteiger charge is 2.23. The van der Waals surface area contributed by atoms with Crippen molar-refractivity contribution >= 4 is 5.91 Å². The Labute approximate surface area is 184 Å². The molecule has 0 heterocycles. The van der Waals surface area contributed by atoms with E-state index in [0.717, 1.165) is 19.3 Å². The lowest BCUT2D eigenvalue weighted by Crippen LogP contribution is -2.35. The molecule has 1 aliphatic rings. The molecule has 1 amide bonds. The van der Waals surface area contributed by atoms with Crippen LogP contribution in [0.15, 0.2) is 66.7 Å². The first-order valence-corrected chi connectivity index (χ1v) is 10.9. The number of hydrogen-bond acceptors (Lipinski definition) is 3. The lowest BCUT2D eigenvalue weighted by molar-refractivity contribution is 0.0938. The van der Waals surface area contributed by atoms with E-state index in [9.17, 15) is 4.79 Å². The zero-order valence-corrected chi connectivity index (χ0v) is 18.2. The number of hydrogen-bond donors (Lipinski definition) is 1. The van der Waals surface area contributed by atoms with Crippen molar-refractivity contribution in [3.05, 3.63) is 94.5 Å². The maximum Gasteiger partial charge on any atom is 0.251 e. The van der Waals surface area contributed by atoms with Crippen LogP contribution in [-0.2, 0) is 19.3 Å². The number of nitrogens with one attached hydrogen (secondary N) is 1. The molecule has 160 valence electrons. The fourth-order valence-corrected chi connectivity index (χ4v) is 4.11. The van der Waals surface area contributed by atoms with Crippen LogP contribution >= 0.6 is 0 Å². The van der Waals surface area contributed by atoms with Gasteiger partial charge in [-0.2, -0.15) is 0 Å². The molecule has 4 rings (SSSR count). The SMILES string of the molecule is CCOc1ccc(C(=O)NC2Cc3ccccc3C2)cc1OCCc1cccc(C)c1. The smallest absolute Gasteiger partial charge is 0.251 e. The summed E-state index contributed by atoms with van der Waals surface area (Å²) in [4.78, 5) is 12.9. The van der Waals surface area contributed by atoms with E-state index >= 15 is 0 Å². The van der Waals surface area contributed by atoms with Gasteiger partial charge in [0, 0.05) is 18.0 Å². The Morgan fingerprint density at radius 2 is 1.71 bits per heavy atom. The molecule has 3 aromatic rings. The second-order valence-corrected chi connectivity index (χ2v) is 8.03. The number of carbonyl (C=O) groups excluding carboxylic acids is 1. The molecule has 4 heteroatoms. The predicted octanol–water partition coefficient (Wildman–Crippen LogP) is 4.91. The van der Waals surface area contributed by atoms with Gasteiger partial charge >= 0.3 is 0 Å². The summed E-state index contributed by atoms with van der Waals surface area (Å²) in [7, 11) is 0. The molecular formula is C27H29NO3. The van der Waals surface area contributed by atoms with Crippen molar-refractivity contribution in [2.75, 3.05) is 13.2 Å². The van der Waals surface area contributed by atoms with Crippen LogP contribution in [0.1, 0.15) is 39.5 Å². The van der Waals surface area contributed by atoms with Crippen molar-refractivity contribution in [1.82, 2.24) is 5.32 Å². The Kier molecular flexibility index (Phi) is 6.56. The molecule has 4 nitrogen and oxygen atoms in total. The largest absolute Gasteiger partial charge is 0.490 e. The number of benzene rings is 3. The second kappa shape index (κ2) is 9.69. The van der Waals surface area contributed by atoms with Gasteiger partial charge in [-0.1, -0.05) is 54.1 Å². The summed E-state index contributed by atoms with van der Waals surface area (Å²) in [6.45, 7) is 5.09. The summed E-state index contributed by atoms with van der Waals surface area (Å²) in [5.41, 5.74) is 5.69. The molecule has 0 atom stereocenters. The monoisotopic (exact) mass is 415 g/mol. The highest BCUT2D eigenvalue weighted by molar-refractivity contribution is 5.95. The average Bonchev–Trinajstić information content (AvgIpc) is 3.17. The normalized spacial score (nSPS) is 13.0. The highest BCUT2D eigenvalue weighted by Crippen LogP contribution is 2.29. The van der Waals surface area contributed by atoms with Crippen LogP contribution < -0.4 is 14.8 Å². The van der Waals surface area contributed by atoms with Gasteiger partial charge in [-0.3, -0.25) is 4.79 Å². The topological polar surface area (TPSA) is 47.6 Å². The number of carbonyl (C=O) groups is 1. The summed E-state index contributed by atoms with van der Waals surface area (Å²) in [5, 5.41) is 3.17. The van der Waals surface area contributed by atoms with Gasteiger partial charge in [0.15, 0.2) is 11.5 Å². The Hall–Kier alpha value is -3.27. The van der Waals surface area contributed by atoms with Gasteiger partial charge in [0.1, 0.15) is 0 Å². The maximum atomic E-state index is 12.9. The molecule has 0 radical (unpaired) electrons. The minimum absolute atomic E-state index is 0.0793. The van der Waals surface area contributed by atoms with Crippen LogP contribution in [0.2, 0.25) is 0 Å². The van der Waals surface area contributed by atoms with E-state index in [0.29, 0.717) is 30.3 Å². The maximum absolute atomic E-state index is 12.9. The van der Waals surface area contributed by atoms with Crippen LogP contribution in [0.4, 0.5) is 0 Å². The van der Waals surface area contributed by atoms with E-state index in [1.54, 1.807) is 12.1 Å². The fraction of sp³-hybridized carbons (Fsp3) is 0.296. The van der Waals surface area contributed by atoms with Crippen LogP contribution in [0.25, 0.3) is 0 Å². The molecule has 31 heavy (non-hydrogen) atoms. The molecule has 1 aliphatic carbocycles. The Morgan fingerprint density at radius 3 is 2.42 bits per heavy atom. The Balaban J connectivity index is 1.41. The van der Waals surface area contributed by atoms with E-state index < -0.39 is 0 Å². The van der Waals surface area contributed by atoms with Gasteiger partial charge in [-0.25, -0.2) is 0 Å². The molecule has 0 aliphatic heterocycles.